The number of carbonyl (C=O) groups is 2. The van der Waals surface area contributed by atoms with E-state index < -0.39 is 5.97 Å². The van der Waals surface area contributed by atoms with E-state index in [1.165, 1.54) is 7.11 Å². The number of ether oxygens (including phenoxy) is 1. The first-order chi connectivity index (χ1) is 10.5. The average molecular weight is 319 g/mol. The molecule has 0 aliphatic heterocycles. The number of carbonyl (C=O) groups excluding carboxylic acids is 2. The number of esters is 1. The lowest BCUT2D eigenvalue weighted by Crippen LogP contribution is -2.14. The van der Waals surface area contributed by atoms with Gasteiger partial charge in [-0.2, -0.15) is 0 Å². The van der Waals surface area contributed by atoms with Crippen LogP contribution in [0.1, 0.15) is 43.8 Å². The molecule has 0 radical (unpaired) electrons. The Hall–Kier alpha value is -2.28. The van der Waals surface area contributed by atoms with E-state index >= 15 is 0 Å². The van der Waals surface area contributed by atoms with Crippen molar-refractivity contribution in [3.63, 3.8) is 0 Å². The van der Waals surface area contributed by atoms with Crippen molar-refractivity contribution >= 4 is 29.1 Å². The molecule has 116 valence electrons. The lowest BCUT2D eigenvalue weighted by atomic mass is 10.0. The van der Waals surface area contributed by atoms with E-state index in [0.29, 0.717) is 28.2 Å². The van der Waals surface area contributed by atoms with Gasteiger partial charge in [-0.1, -0.05) is 11.4 Å². The van der Waals surface area contributed by atoms with Crippen molar-refractivity contribution in [1.82, 2.24) is 9.59 Å². The van der Waals surface area contributed by atoms with Gasteiger partial charge in [-0.05, 0) is 55.1 Å². The number of aryl methyl sites for hydroxylation is 2. The Kier molecular flexibility index (Phi) is 4.87. The molecule has 0 saturated carbocycles. The van der Waals surface area contributed by atoms with Gasteiger partial charge in [0.1, 0.15) is 4.88 Å². The zero-order valence-electron chi connectivity index (χ0n) is 12.9. The Morgan fingerprint density at radius 2 is 2.05 bits per heavy atom. The quantitative estimate of drug-likeness (QED) is 0.876. The SMILES string of the molecule is CCc1nnsc1C(=O)Nc1cc(C)c(C)c(C(=O)OC)c1. The van der Waals surface area contributed by atoms with Gasteiger partial charge in [-0.3, -0.25) is 4.79 Å². The van der Waals surface area contributed by atoms with Crippen molar-refractivity contribution < 1.29 is 14.3 Å². The molecule has 1 aromatic carbocycles. The fourth-order valence-corrected chi connectivity index (χ4v) is 2.70. The van der Waals surface area contributed by atoms with Crippen LogP contribution in [0.3, 0.4) is 0 Å². The zero-order valence-corrected chi connectivity index (χ0v) is 13.7. The molecule has 22 heavy (non-hydrogen) atoms. The van der Waals surface area contributed by atoms with Crippen molar-refractivity contribution in [3.8, 4) is 0 Å². The second-order valence-corrected chi connectivity index (χ2v) is 5.57. The number of methoxy groups -OCH3 is 1. The van der Waals surface area contributed by atoms with Crippen LogP contribution in [0.25, 0.3) is 0 Å². The van der Waals surface area contributed by atoms with Crippen LogP contribution >= 0.6 is 11.5 Å². The van der Waals surface area contributed by atoms with Crippen molar-refractivity contribution in [3.05, 3.63) is 39.4 Å². The van der Waals surface area contributed by atoms with Crippen molar-refractivity contribution in [2.24, 2.45) is 0 Å². The van der Waals surface area contributed by atoms with Gasteiger partial charge in [0.15, 0.2) is 0 Å². The monoisotopic (exact) mass is 319 g/mol. The first-order valence-corrected chi connectivity index (χ1v) is 7.57. The standard InChI is InChI=1S/C15H17N3O3S/c1-5-12-13(22-18-17-12)14(19)16-10-6-8(2)9(3)11(7-10)15(20)21-4/h6-7H,5H2,1-4H3,(H,16,19). The maximum Gasteiger partial charge on any atom is 0.338 e. The van der Waals surface area contributed by atoms with E-state index in [-0.39, 0.29) is 5.91 Å². The first-order valence-electron chi connectivity index (χ1n) is 6.80. The van der Waals surface area contributed by atoms with Gasteiger partial charge in [0, 0.05) is 5.69 Å². The lowest BCUT2D eigenvalue weighted by molar-refractivity contribution is 0.0599. The number of amides is 1. The van der Waals surface area contributed by atoms with Crippen molar-refractivity contribution in [2.45, 2.75) is 27.2 Å². The van der Waals surface area contributed by atoms with Crippen LogP contribution in [-0.2, 0) is 11.2 Å². The Balaban J connectivity index is 2.32. The van der Waals surface area contributed by atoms with Gasteiger partial charge in [-0.15, -0.1) is 5.10 Å². The summed E-state index contributed by atoms with van der Waals surface area (Å²) in [6, 6.07) is 3.44. The second kappa shape index (κ2) is 6.65. The number of aromatic nitrogens is 2. The molecule has 0 unspecified atom stereocenters. The fourth-order valence-electron chi connectivity index (χ4n) is 2.05. The number of hydrogen-bond donors (Lipinski definition) is 1. The highest BCUT2D eigenvalue weighted by Gasteiger charge is 2.17. The highest BCUT2D eigenvalue weighted by Crippen LogP contribution is 2.22. The predicted molar refractivity (Wildman–Crippen MR) is 84.5 cm³/mol. The first kappa shape index (κ1) is 16.1. The Bertz CT molecular complexity index is 725. The summed E-state index contributed by atoms with van der Waals surface area (Å²) in [6.07, 6.45) is 0.638. The summed E-state index contributed by atoms with van der Waals surface area (Å²) in [5.41, 5.74) is 3.38. The summed E-state index contributed by atoms with van der Waals surface area (Å²) in [6.45, 7) is 5.64. The van der Waals surface area contributed by atoms with Crippen LogP contribution in [0.5, 0.6) is 0 Å². The minimum absolute atomic E-state index is 0.272. The molecule has 2 aromatic rings. The van der Waals surface area contributed by atoms with Crippen LogP contribution in [0.2, 0.25) is 0 Å². The van der Waals surface area contributed by atoms with E-state index in [0.717, 1.165) is 22.7 Å². The van der Waals surface area contributed by atoms with Crippen LogP contribution in [0.4, 0.5) is 5.69 Å². The molecule has 1 amide bonds. The van der Waals surface area contributed by atoms with Gasteiger partial charge in [0.05, 0.1) is 18.4 Å². The summed E-state index contributed by atoms with van der Waals surface area (Å²) < 4.78 is 8.57. The topological polar surface area (TPSA) is 81.2 Å². The minimum Gasteiger partial charge on any atom is -0.465 e. The number of hydrogen-bond acceptors (Lipinski definition) is 6. The predicted octanol–water partition coefficient (Wildman–Crippen LogP) is 2.76. The molecule has 0 aliphatic carbocycles. The Morgan fingerprint density at radius 3 is 2.68 bits per heavy atom. The van der Waals surface area contributed by atoms with Gasteiger partial charge in [-0.25, -0.2) is 4.79 Å². The number of anilines is 1. The van der Waals surface area contributed by atoms with Gasteiger partial charge < -0.3 is 10.1 Å². The van der Waals surface area contributed by atoms with E-state index in [4.69, 9.17) is 4.74 Å². The van der Waals surface area contributed by atoms with E-state index in [9.17, 15) is 9.59 Å². The van der Waals surface area contributed by atoms with Crippen molar-refractivity contribution in [1.29, 1.82) is 0 Å². The highest BCUT2D eigenvalue weighted by molar-refractivity contribution is 7.08. The smallest absolute Gasteiger partial charge is 0.338 e. The maximum absolute atomic E-state index is 12.3. The molecule has 0 bridgehead atoms. The maximum atomic E-state index is 12.3. The summed E-state index contributed by atoms with van der Waals surface area (Å²) in [5.74, 6) is -0.698. The number of nitrogens with zero attached hydrogens (tertiary/aromatic N) is 2. The molecule has 6 nitrogen and oxygen atoms in total. The molecule has 0 aliphatic rings. The minimum atomic E-state index is -0.426. The third-order valence-corrected chi connectivity index (χ3v) is 4.19. The molecule has 0 atom stereocenters. The summed E-state index contributed by atoms with van der Waals surface area (Å²) in [7, 11) is 1.33. The van der Waals surface area contributed by atoms with Gasteiger partial charge >= 0.3 is 5.97 Å². The highest BCUT2D eigenvalue weighted by atomic mass is 32.1. The van der Waals surface area contributed by atoms with E-state index in [1.54, 1.807) is 6.07 Å². The molecule has 1 N–H and O–H groups in total. The Labute approximate surface area is 132 Å². The van der Waals surface area contributed by atoms with Crippen LogP contribution in [0, 0.1) is 13.8 Å². The molecule has 2 rings (SSSR count). The average Bonchev–Trinajstić information content (AvgIpc) is 2.98. The number of nitrogens with one attached hydrogen (secondary N) is 1. The third-order valence-electron chi connectivity index (χ3n) is 3.43. The zero-order chi connectivity index (χ0) is 16.3. The number of rotatable bonds is 4. The normalized spacial score (nSPS) is 10.4. The summed E-state index contributed by atoms with van der Waals surface area (Å²) in [5, 5.41) is 6.71. The van der Waals surface area contributed by atoms with Crippen LogP contribution in [-0.4, -0.2) is 28.6 Å². The molecular formula is C15H17N3O3S. The lowest BCUT2D eigenvalue weighted by Gasteiger charge is -2.11. The van der Waals surface area contributed by atoms with Crippen molar-refractivity contribution in [2.75, 3.05) is 12.4 Å². The van der Waals surface area contributed by atoms with E-state index in [1.807, 2.05) is 26.8 Å². The third kappa shape index (κ3) is 3.14. The molecule has 1 heterocycles. The molecule has 0 fully saturated rings. The molecular weight excluding hydrogens is 302 g/mol. The summed E-state index contributed by atoms with van der Waals surface area (Å²) in [4.78, 5) is 24.6. The molecule has 0 saturated heterocycles. The largest absolute Gasteiger partial charge is 0.465 e. The molecule has 0 spiro atoms. The van der Waals surface area contributed by atoms with Gasteiger partial charge in [0.2, 0.25) is 0 Å². The van der Waals surface area contributed by atoms with E-state index in [2.05, 4.69) is 14.9 Å². The fraction of sp³-hybridized carbons (Fsp3) is 0.333. The Morgan fingerprint density at radius 1 is 1.32 bits per heavy atom. The molecule has 1 aromatic heterocycles. The van der Waals surface area contributed by atoms with Gasteiger partial charge in [0.25, 0.3) is 5.91 Å². The van der Waals surface area contributed by atoms with Crippen LogP contribution in [0.15, 0.2) is 12.1 Å². The second-order valence-electron chi connectivity index (χ2n) is 4.81. The number of benzene rings is 1. The molecule has 7 heteroatoms. The van der Waals surface area contributed by atoms with Crippen LogP contribution < -0.4 is 5.32 Å². The summed E-state index contributed by atoms with van der Waals surface area (Å²) >= 11 is 1.06.